The Bertz CT molecular complexity index is 11.6. The molecule has 28 valence electrons. The van der Waals surface area contributed by atoms with Crippen LogP contribution in [0.25, 0.3) is 0 Å². The summed E-state index contributed by atoms with van der Waals surface area (Å²) in [6.45, 7) is 0. The van der Waals surface area contributed by atoms with Crippen molar-refractivity contribution in [2.24, 2.45) is 0 Å². The molecule has 1 nitrogen and oxygen atoms in total. The summed E-state index contributed by atoms with van der Waals surface area (Å²) >= 11 is 0.700. The van der Waals surface area contributed by atoms with Crippen molar-refractivity contribution in [1.29, 1.82) is 0 Å². The summed E-state index contributed by atoms with van der Waals surface area (Å²) in [6.07, 6.45) is 0. The molecule has 0 aromatic rings. The largest absolute Gasteiger partial charge is 0 e. The van der Waals surface area contributed by atoms with E-state index in [9.17, 15) is 0 Å². The summed E-state index contributed by atoms with van der Waals surface area (Å²) in [5.41, 5.74) is 0. The Balaban J connectivity index is -0.00000000167. The molecule has 0 fully saturated rings. The van der Waals surface area contributed by atoms with Crippen LogP contribution in [0.3, 0.4) is 0 Å². The van der Waals surface area contributed by atoms with E-state index in [-0.39, 0.29) is 62.0 Å². The first-order valence-electron chi connectivity index (χ1n) is 0.167. The molecule has 0 rings (SSSR count). The number of hydrogen-bond donors (Lipinski definition) is 0. The monoisotopic (exact) mass is 388 g/mol. The van der Waals surface area contributed by atoms with Crippen molar-refractivity contribution in [3.8, 4) is 0 Å². The molecule has 2 radical (unpaired) electrons. The molecule has 0 unspecified atom stereocenters. The summed E-state index contributed by atoms with van der Waals surface area (Å²) in [4.78, 5) is 0. The second-order valence-electron chi connectivity index (χ2n) is 0. The van der Waals surface area contributed by atoms with Crippen molar-refractivity contribution in [1.82, 2.24) is 0 Å². The van der Waals surface area contributed by atoms with Crippen molar-refractivity contribution >= 4 is 22.3 Å². The molecular weight excluding hydrogens is 383 g/mol. The zero-order valence-corrected chi connectivity index (χ0v) is 10.1. The third-order valence-electron chi connectivity index (χ3n) is 0. The minimum absolute atomic E-state index is 0. The second kappa shape index (κ2) is 30.6. The zero-order valence-electron chi connectivity index (χ0n) is 2.12. The van der Waals surface area contributed by atoms with E-state index < -0.39 is 0 Å². The van der Waals surface area contributed by atoms with Crippen molar-refractivity contribution < 1.29 is 65.1 Å². The molecule has 0 saturated carbocycles. The van der Waals surface area contributed by atoms with Gasteiger partial charge in [-0.25, -0.2) is 0 Å². The van der Waals surface area contributed by atoms with Gasteiger partial charge in [-0.2, -0.15) is 0 Å². The van der Waals surface area contributed by atoms with Gasteiger partial charge in [-0.15, -0.1) is 0 Å². The molecule has 0 aliphatic heterocycles. The van der Waals surface area contributed by atoms with Gasteiger partial charge in [-0.05, 0) is 0 Å². The Hall–Kier alpha value is 2.60. The third-order valence-corrected chi connectivity index (χ3v) is 0. The summed E-state index contributed by atoms with van der Waals surface area (Å²) in [7, 11) is 0. The van der Waals surface area contributed by atoms with Gasteiger partial charge in [0.2, 0.25) is 0 Å². The third kappa shape index (κ3) is 20.6. The molecule has 0 spiro atoms. The van der Waals surface area contributed by atoms with E-state index in [0.29, 0.717) is 22.3 Å². The van der Waals surface area contributed by atoms with E-state index in [4.69, 9.17) is 3.10 Å². The first-order chi connectivity index (χ1) is 1.00. The number of hydrogen-bond acceptors (Lipinski definition) is 1. The van der Waals surface area contributed by atoms with E-state index in [1.54, 1.807) is 0 Å². The normalized spacial score (nSPS) is 0.800. The maximum atomic E-state index is 8.26. The van der Waals surface area contributed by atoms with Gasteiger partial charge in [-0.3, -0.25) is 0 Å². The molecule has 0 amide bonds. The minimum atomic E-state index is 0. The molecule has 0 bridgehead atoms. The van der Waals surface area contributed by atoms with Crippen LogP contribution in [0.1, 0.15) is 0 Å². The Morgan fingerprint density at radius 3 is 1.20 bits per heavy atom. The Morgan fingerprint density at radius 2 is 1.20 bits per heavy atom. The van der Waals surface area contributed by atoms with Crippen LogP contribution in [0.5, 0.6) is 0 Å². The summed E-state index contributed by atoms with van der Waals surface area (Å²) < 4.78 is 8.26. The van der Waals surface area contributed by atoms with Crippen LogP contribution in [-0.2, 0) is 65.1 Å². The SMILES string of the molecule is O=[Te].[Mo].[Nb].[V]. The quantitative estimate of drug-likeness (QED) is 0.516. The maximum Gasteiger partial charge on any atom is 0 e. The first-order valence-corrected chi connectivity index (χ1v) is 1.12. The standard InChI is InChI=1S/Mo.Nb.OTe.V/c;;1-2;. The molecule has 0 aromatic carbocycles. The van der Waals surface area contributed by atoms with Gasteiger partial charge < -0.3 is 0 Å². The molecule has 0 atom stereocenters. The van der Waals surface area contributed by atoms with E-state index in [1.165, 1.54) is 0 Å². The fourth-order valence-electron chi connectivity index (χ4n) is 0. The molecule has 0 aromatic heterocycles. The average molecular weight is 383 g/mol. The fourth-order valence-corrected chi connectivity index (χ4v) is 0. The fraction of sp³-hybridized carbons (Fsp3) is 0. The molecule has 5 heteroatoms. The topological polar surface area (TPSA) is 17.1 Å². The van der Waals surface area contributed by atoms with Crippen LogP contribution >= 0.6 is 0 Å². The van der Waals surface area contributed by atoms with Crippen molar-refractivity contribution in [2.45, 2.75) is 0 Å². The van der Waals surface area contributed by atoms with Crippen LogP contribution < -0.4 is 0 Å². The smallest absolute Gasteiger partial charge is 0 e. The molecule has 0 N–H and O–H groups in total. The molecule has 0 heterocycles. The predicted octanol–water partition coefficient (Wildman–Crippen LogP) is -0.507. The van der Waals surface area contributed by atoms with E-state index in [0.717, 1.165) is 0 Å². The van der Waals surface area contributed by atoms with Crippen molar-refractivity contribution in [3.63, 3.8) is 0 Å². The molecule has 0 saturated heterocycles. The van der Waals surface area contributed by atoms with E-state index in [2.05, 4.69) is 0 Å². The van der Waals surface area contributed by atoms with Crippen LogP contribution in [0.2, 0.25) is 0 Å². The van der Waals surface area contributed by atoms with Crippen LogP contribution in [0.4, 0.5) is 0 Å². The van der Waals surface area contributed by atoms with Crippen LogP contribution in [-0.4, -0.2) is 22.3 Å². The zero-order chi connectivity index (χ0) is 2.00. The van der Waals surface area contributed by atoms with Crippen molar-refractivity contribution in [2.75, 3.05) is 0 Å². The van der Waals surface area contributed by atoms with Crippen LogP contribution in [0.15, 0.2) is 0 Å². The Morgan fingerprint density at radius 1 is 1.20 bits per heavy atom. The first kappa shape index (κ1) is 25.5. The maximum absolute atomic E-state index is 8.26. The van der Waals surface area contributed by atoms with Crippen molar-refractivity contribution in [3.05, 3.63) is 0 Å². The summed E-state index contributed by atoms with van der Waals surface area (Å²) in [5.74, 6) is 0. The Kier molecular flexibility index (Phi) is 156. The Labute approximate surface area is 86.0 Å². The van der Waals surface area contributed by atoms with Crippen LogP contribution in [0, 0.1) is 0 Å². The van der Waals surface area contributed by atoms with E-state index >= 15 is 0 Å². The van der Waals surface area contributed by atoms with Gasteiger partial charge in [0, 0.05) is 62.0 Å². The summed E-state index contributed by atoms with van der Waals surface area (Å²) in [5, 5.41) is 0. The van der Waals surface area contributed by atoms with Gasteiger partial charge in [0.05, 0.1) is 0 Å². The summed E-state index contributed by atoms with van der Waals surface area (Å²) in [6, 6.07) is 0. The second-order valence-corrected chi connectivity index (χ2v) is 0. The van der Waals surface area contributed by atoms with Gasteiger partial charge >= 0.3 is 25.4 Å². The predicted molar refractivity (Wildman–Crippen MR) is 6.44 cm³/mol. The van der Waals surface area contributed by atoms with Gasteiger partial charge in [0.1, 0.15) is 0 Å². The van der Waals surface area contributed by atoms with Gasteiger partial charge in [0.25, 0.3) is 0 Å². The number of rotatable bonds is 0. The average Bonchev–Trinajstić information content (AvgIpc) is 1.00. The van der Waals surface area contributed by atoms with Gasteiger partial charge in [-0.1, -0.05) is 0 Å². The molecule has 0 aliphatic rings. The molecule has 5 heavy (non-hydrogen) atoms. The molecular formula is MoNbOTeV. The minimum Gasteiger partial charge on any atom is 0 e. The molecule has 0 aliphatic carbocycles. The van der Waals surface area contributed by atoms with E-state index in [1.807, 2.05) is 0 Å². The van der Waals surface area contributed by atoms with Gasteiger partial charge in [0.15, 0.2) is 0 Å².